The van der Waals surface area contributed by atoms with Crippen LogP contribution >= 0.6 is 15.9 Å². The molecule has 0 bridgehead atoms. The van der Waals surface area contributed by atoms with Crippen LogP contribution in [-0.2, 0) is 6.54 Å². The molecule has 3 aromatic rings. The zero-order chi connectivity index (χ0) is 12.4. The monoisotopic (exact) mass is 304 g/mol. The molecule has 3 rings (SSSR count). The van der Waals surface area contributed by atoms with E-state index in [-0.39, 0.29) is 0 Å². The first-order valence-corrected chi connectivity index (χ1v) is 6.15. The molecule has 5 nitrogen and oxygen atoms in total. The second kappa shape index (κ2) is 4.73. The Labute approximate surface area is 111 Å². The van der Waals surface area contributed by atoms with E-state index in [2.05, 4.69) is 36.4 Å². The molecule has 0 aromatic carbocycles. The molecule has 0 aliphatic rings. The van der Waals surface area contributed by atoms with E-state index in [4.69, 9.17) is 4.52 Å². The Hall–Kier alpha value is -1.95. The minimum absolute atomic E-state index is 0.591. The van der Waals surface area contributed by atoms with Crippen LogP contribution in [0.5, 0.6) is 0 Å². The molecular weight excluding hydrogens is 296 g/mol. The first-order valence-electron chi connectivity index (χ1n) is 5.36. The number of anilines is 1. The highest BCUT2D eigenvalue weighted by atomic mass is 79.9. The van der Waals surface area contributed by atoms with E-state index >= 15 is 0 Å². The van der Waals surface area contributed by atoms with Gasteiger partial charge < -0.3 is 9.84 Å². The van der Waals surface area contributed by atoms with Crippen molar-refractivity contribution in [3.8, 4) is 0 Å². The minimum Gasteiger partial charge on any atom is -0.377 e. The first-order chi connectivity index (χ1) is 8.83. The number of pyridine rings is 2. The second-order valence-corrected chi connectivity index (χ2v) is 4.64. The van der Waals surface area contributed by atoms with Gasteiger partial charge in [0.1, 0.15) is 17.5 Å². The standard InChI is InChI=1S/C12H9BrN4O/c13-8-5-11-12(16-6-8)10(1-3-14-11)15-7-9-2-4-18-17-9/h1-6H,7H2,(H,14,15). The number of hydrogen-bond acceptors (Lipinski definition) is 5. The molecule has 90 valence electrons. The van der Waals surface area contributed by atoms with E-state index in [1.165, 1.54) is 0 Å². The average molecular weight is 305 g/mol. The molecule has 6 heteroatoms. The fraction of sp³-hybridized carbons (Fsp3) is 0.0833. The molecule has 0 aliphatic carbocycles. The normalized spacial score (nSPS) is 10.7. The number of nitrogens with zero attached hydrogens (tertiary/aromatic N) is 3. The third-order valence-corrected chi connectivity index (χ3v) is 2.93. The third-order valence-electron chi connectivity index (χ3n) is 2.50. The maximum atomic E-state index is 4.78. The molecule has 3 heterocycles. The van der Waals surface area contributed by atoms with Crippen molar-refractivity contribution < 1.29 is 4.52 Å². The lowest BCUT2D eigenvalue weighted by Gasteiger charge is -2.07. The quantitative estimate of drug-likeness (QED) is 0.806. The van der Waals surface area contributed by atoms with Crippen LogP contribution in [0.1, 0.15) is 5.69 Å². The van der Waals surface area contributed by atoms with Gasteiger partial charge in [0.15, 0.2) is 0 Å². The van der Waals surface area contributed by atoms with Crippen molar-refractivity contribution in [2.24, 2.45) is 0 Å². The molecule has 3 aromatic heterocycles. The van der Waals surface area contributed by atoms with Crippen LogP contribution in [0.4, 0.5) is 5.69 Å². The van der Waals surface area contributed by atoms with Gasteiger partial charge in [-0.3, -0.25) is 9.97 Å². The molecule has 0 saturated heterocycles. The molecule has 0 amide bonds. The van der Waals surface area contributed by atoms with Gasteiger partial charge in [0, 0.05) is 22.9 Å². The maximum absolute atomic E-state index is 4.78. The van der Waals surface area contributed by atoms with Crippen molar-refractivity contribution in [2.45, 2.75) is 6.54 Å². The largest absolute Gasteiger partial charge is 0.377 e. The summed E-state index contributed by atoms with van der Waals surface area (Å²) in [6.45, 7) is 0.591. The number of nitrogens with one attached hydrogen (secondary N) is 1. The Kier molecular flexibility index (Phi) is 2.93. The van der Waals surface area contributed by atoms with E-state index in [9.17, 15) is 0 Å². The molecule has 0 saturated carbocycles. The van der Waals surface area contributed by atoms with Crippen LogP contribution in [-0.4, -0.2) is 15.1 Å². The number of hydrogen-bond donors (Lipinski definition) is 1. The van der Waals surface area contributed by atoms with E-state index in [0.717, 1.165) is 26.9 Å². The molecule has 0 fully saturated rings. The third kappa shape index (κ3) is 2.19. The van der Waals surface area contributed by atoms with Crippen molar-refractivity contribution in [2.75, 3.05) is 5.32 Å². The van der Waals surface area contributed by atoms with Crippen LogP contribution in [0.25, 0.3) is 11.0 Å². The number of fused-ring (bicyclic) bond motifs is 1. The molecule has 1 N–H and O–H groups in total. The Morgan fingerprint density at radius 3 is 3.06 bits per heavy atom. The fourth-order valence-corrected chi connectivity index (χ4v) is 1.98. The van der Waals surface area contributed by atoms with Gasteiger partial charge in [-0.05, 0) is 28.1 Å². The summed E-state index contributed by atoms with van der Waals surface area (Å²) >= 11 is 3.38. The van der Waals surface area contributed by atoms with Gasteiger partial charge in [0.2, 0.25) is 0 Å². The van der Waals surface area contributed by atoms with Crippen LogP contribution in [0.15, 0.2) is 45.9 Å². The molecule has 0 radical (unpaired) electrons. The SMILES string of the molecule is Brc1cnc2c(NCc3ccon3)ccnc2c1. The highest BCUT2D eigenvalue weighted by molar-refractivity contribution is 9.10. The summed E-state index contributed by atoms with van der Waals surface area (Å²) in [5, 5.41) is 7.11. The van der Waals surface area contributed by atoms with Crippen molar-refractivity contribution in [1.29, 1.82) is 0 Å². The van der Waals surface area contributed by atoms with Gasteiger partial charge in [-0.1, -0.05) is 5.16 Å². The van der Waals surface area contributed by atoms with Gasteiger partial charge in [0.05, 0.1) is 17.7 Å². The minimum atomic E-state index is 0.591. The molecule has 0 atom stereocenters. The van der Waals surface area contributed by atoms with Crippen molar-refractivity contribution in [1.82, 2.24) is 15.1 Å². The van der Waals surface area contributed by atoms with Crippen LogP contribution in [0.3, 0.4) is 0 Å². The molecule has 0 aliphatic heterocycles. The van der Waals surface area contributed by atoms with Gasteiger partial charge in [-0.15, -0.1) is 0 Å². The summed E-state index contributed by atoms with van der Waals surface area (Å²) in [5.74, 6) is 0. The summed E-state index contributed by atoms with van der Waals surface area (Å²) in [7, 11) is 0. The van der Waals surface area contributed by atoms with E-state index in [1.807, 2.05) is 18.2 Å². The topological polar surface area (TPSA) is 63.8 Å². The Morgan fingerprint density at radius 2 is 2.22 bits per heavy atom. The van der Waals surface area contributed by atoms with Crippen LogP contribution < -0.4 is 5.32 Å². The number of halogens is 1. The first kappa shape index (κ1) is 11.2. The van der Waals surface area contributed by atoms with Gasteiger partial charge in [-0.2, -0.15) is 0 Å². The van der Waals surface area contributed by atoms with E-state index in [1.54, 1.807) is 18.7 Å². The Morgan fingerprint density at radius 1 is 1.28 bits per heavy atom. The molecule has 0 spiro atoms. The van der Waals surface area contributed by atoms with Gasteiger partial charge in [-0.25, -0.2) is 0 Å². The van der Waals surface area contributed by atoms with Crippen LogP contribution in [0.2, 0.25) is 0 Å². The zero-order valence-electron chi connectivity index (χ0n) is 9.30. The van der Waals surface area contributed by atoms with E-state index < -0.39 is 0 Å². The number of aromatic nitrogens is 3. The van der Waals surface area contributed by atoms with Crippen molar-refractivity contribution in [3.63, 3.8) is 0 Å². The van der Waals surface area contributed by atoms with Gasteiger partial charge >= 0.3 is 0 Å². The molecule has 18 heavy (non-hydrogen) atoms. The maximum Gasteiger partial charge on any atom is 0.124 e. The lowest BCUT2D eigenvalue weighted by atomic mass is 10.3. The Balaban J connectivity index is 1.92. The summed E-state index contributed by atoms with van der Waals surface area (Å²) in [4.78, 5) is 8.65. The molecule has 0 unspecified atom stereocenters. The Bertz CT molecular complexity index is 669. The lowest BCUT2D eigenvalue weighted by Crippen LogP contribution is -2.01. The second-order valence-electron chi connectivity index (χ2n) is 3.72. The lowest BCUT2D eigenvalue weighted by molar-refractivity contribution is 0.412. The smallest absolute Gasteiger partial charge is 0.124 e. The average Bonchev–Trinajstić information content (AvgIpc) is 2.89. The number of rotatable bonds is 3. The predicted octanol–water partition coefficient (Wildman–Crippen LogP) is 2.99. The summed E-state index contributed by atoms with van der Waals surface area (Å²) in [5.41, 5.74) is 3.45. The zero-order valence-corrected chi connectivity index (χ0v) is 10.9. The molecular formula is C12H9BrN4O. The summed E-state index contributed by atoms with van der Waals surface area (Å²) in [6, 6.07) is 5.65. The van der Waals surface area contributed by atoms with Gasteiger partial charge in [0.25, 0.3) is 0 Å². The van der Waals surface area contributed by atoms with Crippen molar-refractivity contribution in [3.05, 3.63) is 47.0 Å². The summed E-state index contributed by atoms with van der Waals surface area (Å²) in [6.07, 6.45) is 5.06. The highest BCUT2D eigenvalue weighted by Crippen LogP contribution is 2.22. The fourth-order valence-electron chi connectivity index (χ4n) is 1.66. The van der Waals surface area contributed by atoms with Crippen molar-refractivity contribution >= 4 is 32.7 Å². The predicted molar refractivity (Wildman–Crippen MR) is 71.1 cm³/mol. The van der Waals surface area contributed by atoms with E-state index in [0.29, 0.717) is 6.54 Å². The summed E-state index contributed by atoms with van der Waals surface area (Å²) < 4.78 is 5.70. The highest BCUT2D eigenvalue weighted by Gasteiger charge is 2.04. The van der Waals surface area contributed by atoms with Crippen LogP contribution in [0, 0.1) is 0 Å².